The first kappa shape index (κ1) is 16.4. The van der Waals surface area contributed by atoms with E-state index in [2.05, 4.69) is 9.84 Å². The summed E-state index contributed by atoms with van der Waals surface area (Å²) in [5.74, 6) is -2.15. The number of nitro benzene ring substituents is 1. The van der Waals surface area contributed by atoms with E-state index in [4.69, 9.17) is 4.74 Å². The zero-order chi connectivity index (χ0) is 17.0. The van der Waals surface area contributed by atoms with Gasteiger partial charge in [0.1, 0.15) is 5.92 Å². The molecule has 0 radical (unpaired) electrons. The molecule has 0 aliphatic carbocycles. The van der Waals surface area contributed by atoms with Gasteiger partial charge in [0.15, 0.2) is 5.71 Å². The Hall–Kier alpha value is -2.97. The van der Waals surface area contributed by atoms with Crippen molar-refractivity contribution in [2.75, 3.05) is 25.3 Å². The Morgan fingerprint density at radius 1 is 1.39 bits per heavy atom. The minimum atomic E-state index is -0.866. The third-order valence-electron chi connectivity index (χ3n) is 3.24. The third kappa shape index (κ3) is 3.44. The number of carbonyl (C=O) groups excluding carboxylic acids is 2. The van der Waals surface area contributed by atoms with E-state index in [0.717, 1.165) is 0 Å². The van der Waals surface area contributed by atoms with Crippen molar-refractivity contribution in [1.29, 1.82) is 0 Å². The quantitative estimate of drug-likeness (QED) is 0.454. The standard InChI is InChI=1S/C14H15N3O6/c1-3-23-14(19)12-11(13(18)22-2)8-16(15-12)9-4-6-10(7-5-9)17(20)21/h4-7,11H,3,8H2,1-2H3/t11-/m1/s1. The minimum Gasteiger partial charge on any atom is -0.468 e. The number of ether oxygens (including phenoxy) is 2. The van der Waals surface area contributed by atoms with Crippen molar-refractivity contribution in [2.24, 2.45) is 11.0 Å². The molecule has 9 nitrogen and oxygen atoms in total. The number of nitro groups is 1. The molecule has 0 fully saturated rings. The second kappa shape index (κ2) is 6.86. The number of benzene rings is 1. The van der Waals surface area contributed by atoms with Gasteiger partial charge in [0.05, 0.1) is 30.9 Å². The Morgan fingerprint density at radius 2 is 2.04 bits per heavy atom. The van der Waals surface area contributed by atoms with Crippen molar-refractivity contribution in [3.63, 3.8) is 0 Å². The summed E-state index contributed by atoms with van der Waals surface area (Å²) >= 11 is 0. The molecule has 0 saturated heterocycles. The number of hydrogen-bond acceptors (Lipinski definition) is 8. The van der Waals surface area contributed by atoms with Crippen molar-refractivity contribution in [3.05, 3.63) is 34.4 Å². The highest BCUT2D eigenvalue weighted by Crippen LogP contribution is 2.25. The van der Waals surface area contributed by atoms with Crippen LogP contribution in [0.2, 0.25) is 0 Å². The smallest absolute Gasteiger partial charge is 0.355 e. The molecule has 0 N–H and O–H groups in total. The van der Waals surface area contributed by atoms with Crippen LogP contribution in [-0.4, -0.2) is 42.8 Å². The lowest BCUT2D eigenvalue weighted by Gasteiger charge is -2.14. The van der Waals surface area contributed by atoms with E-state index in [0.29, 0.717) is 5.69 Å². The first-order valence-corrected chi connectivity index (χ1v) is 6.83. The summed E-state index contributed by atoms with van der Waals surface area (Å²) in [5, 5.41) is 16.2. The summed E-state index contributed by atoms with van der Waals surface area (Å²) in [5.41, 5.74) is 0.410. The number of carbonyl (C=O) groups is 2. The third-order valence-corrected chi connectivity index (χ3v) is 3.24. The number of methoxy groups -OCH3 is 1. The van der Waals surface area contributed by atoms with Crippen molar-refractivity contribution < 1.29 is 24.0 Å². The van der Waals surface area contributed by atoms with Gasteiger partial charge in [-0.3, -0.25) is 19.9 Å². The fourth-order valence-corrected chi connectivity index (χ4v) is 2.13. The fourth-order valence-electron chi connectivity index (χ4n) is 2.13. The van der Waals surface area contributed by atoms with Crippen LogP contribution < -0.4 is 5.01 Å². The van der Waals surface area contributed by atoms with Crippen molar-refractivity contribution >= 4 is 29.0 Å². The average molecular weight is 321 g/mol. The Morgan fingerprint density at radius 3 is 2.57 bits per heavy atom. The van der Waals surface area contributed by atoms with Crippen LogP contribution in [0.1, 0.15) is 6.92 Å². The van der Waals surface area contributed by atoms with E-state index in [9.17, 15) is 19.7 Å². The molecule has 2 rings (SSSR count). The predicted octanol–water partition coefficient (Wildman–Crippen LogP) is 1.12. The summed E-state index contributed by atoms with van der Waals surface area (Å²) in [7, 11) is 1.22. The van der Waals surface area contributed by atoms with Gasteiger partial charge in [0.2, 0.25) is 0 Å². The highest BCUT2D eigenvalue weighted by molar-refractivity contribution is 6.41. The highest BCUT2D eigenvalue weighted by Gasteiger charge is 2.39. The normalized spacial score (nSPS) is 16.7. The van der Waals surface area contributed by atoms with E-state index >= 15 is 0 Å². The number of esters is 2. The van der Waals surface area contributed by atoms with Gasteiger partial charge < -0.3 is 9.47 Å². The number of anilines is 1. The Kier molecular flexibility index (Phi) is 4.89. The molecule has 1 aromatic rings. The molecule has 0 spiro atoms. The molecule has 0 saturated carbocycles. The summed E-state index contributed by atoms with van der Waals surface area (Å²) in [6.07, 6.45) is 0. The van der Waals surface area contributed by atoms with Gasteiger partial charge in [-0.25, -0.2) is 4.79 Å². The molecule has 1 atom stereocenters. The van der Waals surface area contributed by atoms with Gasteiger partial charge in [-0.15, -0.1) is 0 Å². The van der Waals surface area contributed by atoms with Crippen LogP contribution in [0.5, 0.6) is 0 Å². The molecule has 0 amide bonds. The van der Waals surface area contributed by atoms with Crippen molar-refractivity contribution in [2.45, 2.75) is 6.92 Å². The second-order valence-electron chi connectivity index (χ2n) is 4.64. The number of nitrogens with zero attached hydrogens (tertiary/aromatic N) is 3. The number of hydrazone groups is 1. The average Bonchev–Trinajstić information content (AvgIpc) is 2.99. The van der Waals surface area contributed by atoms with Crippen LogP contribution in [-0.2, 0) is 19.1 Å². The maximum atomic E-state index is 11.9. The zero-order valence-electron chi connectivity index (χ0n) is 12.6. The molecule has 1 aromatic carbocycles. The first-order valence-electron chi connectivity index (χ1n) is 6.83. The van der Waals surface area contributed by atoms with E-state index in [-0.39, 0.29) is 24.6 Å². The summed E-state index contributed by atoms with van der Waals surface area (Å²) < 4.78 is 9.58. The van der Waals surface area contributed by atoms with Gasteiger partial charge >= 0.3 is 11.9 Å². The van der Waals surface area contributed by atoms with Gasteiger partial charge in [0.25, 0.3) is 5.69 Å². The topological polar surface area (TPSA) is 111 Å². The molecule has 0 unspecified atom stereocenters. The summed E-state index contributed by atoms with van der Waals surface area (Å²) in [4.78, 5) is 33.9. The van der Waals surface area contributed by atoms with E-state index < -0.39 is 22.8 Å². The SMILES string of the molecule is CCOC(=O)C1=NN(c2ccc([N+](=O)[O-])cc2)C[C@H]1C(=O)OC. The monoisotopic (exact) mass is 321 g/mol. The molecule has 122 valence electrons. The Bertz CT molecular complexity index is 655. The highest BCUT2D eigenvalue weighted by atomic mass is 16.6. The maximum absolute atomic E-state index is 11.9. The van der Waals surface area contributed by atoms with Crippen molar-refractivity contribution in [1.82, 2.24) is 0 Å². The van der Waals surface area contributed by atoms with Gasteiger partial charge in [0, 0.05) is 12.1 Å². The number of rotatable bonds is 5. The first-order chi connectivity index (χ1) is 11.0. The predicted molar refractivity (Wildman–Crippen MR) is 80.0 cm³/mol. The summed E-state index contributed by atoms with van der Waals surface area (Å²) in [6.45, 7) is 1.90. The van der Waals surface area contributed by atoms with Crippen LogP contribution in [0.15, 0.2) is 29.4 Å². The molecule has 1 aliphatic rings. The molecule has 1 aliphatic heterocycles. The zero-order valence-corrected chi connectivity index (χ0v) is 12.6. The van der Waals surface area contributed by atoms with E-state index in [1.54, 1.807) is 6.92 Å². The van der Waals surface area contributed by atoms with E-state index in [1.165, 1.54) is 36.4 Å². The van der Waals surface area contributed by atoms with Crippen LogP contribution in [0.4, 0.5) is 11.4 Å². The molecule has 23 heavy (non-hydrogen) atoms. The van der Waals surface area contributed by atoms with Gasteiger partial charge in [-0.1, -0.05) is 0 Å². The van der Waals surface area contributed by atoms with Gasteiger partial charge in [-0.05, 0) is 19.1 Å². The van der Waals surface area contributed by atoms with Crippen molar-refractivity contribution in [3.8, 4) is 0 Å². The fraction of sp³-hybridized carbons (Fsp3) is 0.357. The largest absolute Gasteiger partial charge is 0.468 e. The van der Waals surface area contributed by atoms with Gasteiger partial charge in [-0.2, -0.15) is 5.10 Å². The van der Waals surface area contributed by atoms with Crippen LogP contribution in [0.25, 0.3) is 0 Å². The number of non-ortho nitro benzene ring substituents is 1. The summed E-state index contributed by atoms with van der Waals surface area (Å²) in [6, 6.07) is 5.62. The molecule has 1 heterocycles. The second-order valence-corrected chi connectivity index (χ2v) is 4.64. The lowest BCUT2D eigenvalue weighted by atomic mass is 10.0. The lowest BCUT2D eigenvalue weighted by molar-refractivity contribution is -0.384. The lowest BCUT2D eigenvalue weighted by Crippen LogP contribution is -2.32. The molecule has 0 aromatic heterocycles. The Labute approximate surface area is 131 Å². The molecular weight excluding hydrogens is 306 g/mol. The maximum Gasteiger partial charge on any atom is 0.355 e. The molecular formula is C14H15N3O6. The number of hydrogen-bond donors (Lipinski definition) is 0. The molecule has 0 bridgehead atoms. The minimum absolute atomic E-state index is 0.0444. The van der Waals surface area contributed by atoms with Crippen LogP contribution >= 0.6 is 0 Å². The Balaban J connectivity index is 2.28. The molecule has 9 heteroatoms. The van der Waals surface area contributed by atoms with E-state index in [1.807, 2.05) is 0 Å². The van der Waals surface area contributed by atoms with Crippen LogP contribution in [0, 0.1) is 16.0 Å². The van der Waals surface area contributed by atoms with Crippen LogP contribution in [0.3, 0.4) is 0 Å².